The summed E-state index contributed by atoms with van der Waals surface area (Å²) in [5.41, 5.74) is 0.778. The van der Waals surface area contributed by atoms with E-state index in [1.807, 2.05) is 30.3 Å². The van der Waals surface area contributed by atoms with E-state index in [1.54, 1.807) is 17.0 Å². The number of hydrogen-bond acceptors (Lipinski definition) is 6. The molecule has 33 heavy (non-hydrogen) atoms. The second-order valence-electron chi connectivity index (χ2n) is 7.75. The lowest BCUT2D eigenvalue weighted by atomic mass is 10.1. The van der Waals surface area contributed by atoms with Gasteiger partial charge in [-0.3, -0.25) is 9.59 Å². The minimum Gasteiger partial charge on any atom is -0.486 e. The number of H-pyrrole nitrogens is 1. The van der Waals surface area contributed by atoms with Gasteiger partial charge in [-0.25, -0.2) is 0 Å². The number of aliphatic hydroxyl groups is 1. The van der Waals surface area contributed by atoms with Crippen LogP contribution < -0.4 is 15.0 Å². The van der Waals surface area contributed by atoms with Crippen LogP contribution in [0.25, 0.3) is 21.0 Å². The van der Waals surface area contributed by atoms with Crippen molar-refractivity contribution in [3.05, 3.63) is 68.3 Å². The zero-order valence-electron chi connectivity index (χ0n) is 17.6. The molecule has 0 saturated heterocycles. The molecule has 0 spiro atoms. The number of fused-ring (bicyclic) bond motifs is 3. The first-order valence-corrected chi connectivity index (χ1v) is 11.8. The molecule has 7 nitrogen and oxygen atoms in total. The molecule has 0 radical (unpaired) electrons. The van der Waals surface area contributed by atoms with Gasteiger partial charge in [0.1, 0.15) is 18.1 Å². The Hall–Kier alpha value is -3.07. The standard InChI is InChI=1S/C24H21ClN2O5S/c25-21-16-4-1-2-5-20(16)33-22(21)24(30)27(6-3-7-28)13-15-10-14-11-18-19(32-9-8-31-18)12-17(14)26-23(15)29/h1-2,4-5,10-12,28H,3,6-9,13H2,(H,26,29). The molecular weight excluding hydrogens is 464 g/mol. The highest BCUT2D eigenvalue weighted by Crippen LogP contribution is 2.36. The molecule has 1 amide bonds. The number of amides is 1. The number of carbonyl (C=O) groups is 1. The van der Waals surface area contributed by atoms with Gasteiger partial charge < -0.3 is 24.5 Å². The summed E-state index contributed by atoms with van der Waals surface area (Å²) >= 11 is 7.85. The lowest BCUT2D eigenvalue weighted by Crippen LogP contribution is -2.33. The predicted octanol–water partition coefficient (Wildman–Crippen LogP) is 4.19. The van der Waals surface area contributed by atoms with E-state index in [0.29, 0.717) is 58.7 Å². The van der Waals surface area contributed by atoms with E-state index in [1.165, 1.54) is 11.3 Å². The Bertz CT molecular complexity index is 1410. The van der Waals surface area contributed by atoms with Crippen LogP contribution in [-0.4, -0.2) is 47.3 Å². The third-order valence-electron chi connectivity index (χ3n) is 5.55. The number of carbonyl (C=O) groups excluding carboxylic acids is 1. The molecule has 1 aliphatic heterocycles. The van der Waals surface area contributed by atoms with Gasteiger partial charge in [-0.05, 0) is 24.6 Å². The van der Waals surface area contributed by atoms with Gasteiger partial charge in [0.25, 0.3) is 11.5 Å². The van der Waals surface area contributed by atoms with Gasteiger partial charge in [0.2, 0.25) is 0 Å². The van der Waals surface area contributed by atoms with Crippen molar-refractivity contribution in [2.45, 2.75) is 13.0 Å². The van der Waals surface area contributed by atoms with Crippen molar-refractivity contribution in [2.75, 3.05) is 26.4 Å². The van der Waals surface area contributed by atoms with Crippen LogP contribution in [0.5, 0.6) is 11.5 Å². The number of halogens is 1. The van der Waals surface area contributed by atoms with Gasteiger partial charge in [-0.15, -0.1) is 11.3 Å². The van der Waals surface area contributed by atoms with Crippen molar-refractivity contribution >= 4 is 49.8 Å². The normalized spacial score (nSPS) is 12.9. The number of aromatic amines is 1. The van der Waals surface area contributed by atoms with E-state index < -0.39 is 0 Å². The monoisotopic (exact) mass is 484 g/mol. The van der Waals surface area contributed by atoms with Gasteiger partial charge >= 0.3 is 0 Å². The van der Waals surface area contributed by atoms with Crippen LogP contribution >= 0.6 is 22.9 Å². The average molecular weight is 485 g/mol. The molecule has 3 heterocycles. The number of hydrogen-bond donors (Lipinski definition) is 2. The fourth-order valence-corrected chi connectivity index (χ4v) is 5.40. The molecule has 0 fully saturated rings. The molecule has 2 aromatic heterocycles. The molecular formula is C24H21ClN2O5S. The lowest BCUT2D eigenvalue weighted by molar-refractivity contribution is 0.0736. The number of benzene rings is 2. The fraction of sp³-hybridized carbons (Fsp3) is 0.250. The van der Waals surface area contributed by atoms with Crippen molar-refractivity contribution in [1.29, 1.82) is 0 Å². The van der Waals surface area contributed by atoms with Gasteiger partial charge in [-0.2, -0.15) is 0 Å². The van der Waals surface area contributed by atoms with Crippen molar-refractivity contribution in [3.8, 4) is 11.5 Å². The SMILES string of the molecule is O=C(c1sc2ccccc2c1Cl)N(CCCO)Cc1cc2cc3c(cc2[nH]c1=O)OCCO3. The van der Waals surface area contributed by atoms with E-state index in [4.69, 9.17) is 21.1 Å². The quantitative estimate of drug-likeness (QED) is 0.428. The molecule has 9 heteroatoms. The van der Waals surface area contributed by atoms with E-state index in [9.17, 15) is 14.7 Å². The maximum absolute atomic E-state index is 13.4. The van der Waals surface area contributed by atoms with E-state index in [-0.39, 0.29) is 24.6 Å². The summed E-state index contributed by atoms with van der Waals surface area (Å²) in [6.07, 6.45) is 0.387. The highest BCUT2D eigenvalue weighted by Gasteiger charge is 2.24. The van der Waals surface area contributed by atoms with Gasteiger partial charge in [0.05, 0.1) is 17.1 Å². The number of ether oxygens (including phenoxy) is 2. The second kappa shape index (κ2) is 9.05. The summed E-state index contributed by atoms with van der Waals surface area (Å²) in [7, 11) is 0. The maximum atomic E-state index is 13.4. The number of rotatable bonds is 6. The fourth-order valence-electron chi connectivity index (χ4n) is 3.92. The summed E-state index contributed by atoms with van der Waals surface area (Å²) in [6, 6.07) is 12.9. The van der Waals surface area contributed by atoms with E-state index in [0.717, 1.165) is 15.5 Å². The smallest absolute Gasteiger partial charge is 0.265 e. The molecule has 0 aliphatic carbocycles. The Morgan fingerprint density at radius 2 is 1.91 bits per heavy atom. The van der Waals surface area contributed by atoms with Crippen LogP contribution in [0.2, 0.25) is 5.02 Å². The Morgan fingerprint density at radius 1 is 1.15 bits per heavy atom. The number of thiophene rings is 1. The zero-order valence-corrected chi connectivity index (χ0v) is 19.2. The third-order valence-corrected chi connectivity index (χ3v) is 7.21. The lowest BCUT2D eigenvalue weighted by Gasteiger charge is -2.22. The third kappa shape index (κ3) is 4.17. The highest BCUT2D eigenvalue weighted by atomic mass is 35.5. The average Bonchev–Trinajstić information content (AvgIpc) is 3.17. The van der Waals surface area contributed by atoms with Crippen molar-refractivity contribution in [1.82, 2.24) is 9.88 Å². The van der Waals surface area contributed by atoms with Crippen molar-refractivity contribution < 1.29 is 19.4 Å². The number of nitrogens with one attached hydrogen (secondary N) is 1. The molecule has 0 unspecified atom stereocenters. The highest BCUT2D eigenvalue weighted by molar-refractivity contribution is 7.21. The maximum Gasteiger partial charge on any atom is 0.265 e. The Labute approximate surface area is 198 Å². The predicted molar refractivity (Wildman–Crippen MR) is 129 cm³/mol. The minimum absolute atomic E-state index is 0.0680. The number of nitrogens with zero attached hydrogens (tertiary/aromatic N) is 1. The molecule has 0 bridgehead atoms. The number of aliphatic hydroxyl groups excluding tert-OH is 1. The van der Waals surface area contributed by atoms with Crippen molar-refractivity contribution in [3.63, 3.8) is 0 Å². The van der Waals surface area contributed by atoms with Crippen LogP contribution in [-0.2, 0) is 6.54 Å². The molecule has 5 rings (SSSR count). The zero-order chi connectivity index (χ0) is 22.9. The van der Waals surface area contributed by atoms with Crippen LogP contribution in [0, 0.1) is 0 Å². The van der Waals surface area contributed by atoms with Crippen LogP contribution in [0.15, 0.2) is 47.3 Å². The number of pyridine rings is 1. The summed E-state index contributed by atoms with van der Waals surface area (Å²) in [4.78, 5) is 31.1. The van der Waals surface area contributed by atoms with E-state index >= 15 is 0 Å². The Balaban J connectivity index is 1.50. The number of aromatic nitrogens is 1. The molecule has 170 valence electrons. The van der Waals surface area contributed by atoms with Crippen LogP contribution in [0.1, 0.15) is 21.7 Å². The molecule has 2 aromatic carbocycles. The van der Waals surface area contributed by atoms with Gasteiger partial charge in [-0.1, -0.05) is 29.8 Å². The van der Waals surface area contributed by atoms with Gasteiger partial charge in [0.15, 0.2) is 11.5 Å². The van der Waals surface area contributed by atoms with E-state index in [2.05, 4.69) is 4.98 Å². The molecule has 0 atom stereocenters. The minimum atomic E-state index is -0.289. The van der Waals surface area contributed by atoms with Crippen LogP contribution in [0.4, 0.5) is 0 Å². The Kier molecular flexibility index (Phi) is 5.97. The van der Waals surface area contributed by atoms with Crippen molar-refractivity contribution in [2.24, 2.45) is 0 Å². The first kappa shape index (κ1) is 21.8. The van der Waals surface area contributed by atoms with Crippen LogP contribution in [0.3, 0.4) is 0 Å². The molecule has 0 saturated carbocycles. The summed E-state index contributed by atoms with van der Waals surface area (Å²) in [6.45, 7) is 1.24. The summed E-state index contributed by atoms with van der Waals surface area (Å²) in [5, 5.41) is 11.4. The molecule has 2 N–H and O–H groups in total. The largest absolute Gasteiger partial charge is 0.486 e. The topological polar surface area (TPSA) is 91.9 Å². The Morgan fingerprint density at radius 3 is 2.67 bits per heavy atom. The first-order chi connectivity index (χ1) is 16.0. The molecule has 4 aromatic rings. The molecule has 1 aliphatic rings. The first-order valence-electron chi connectivity index (χ1n) is 10.6. The summed E-state index contributed by atoms with van der Waals surface area (Å²) < 4.78 is 12.2. The second-order valence-corrected chi connectivity index (χ2v) is 9.18. The summed E-state index contributed by atoms with van der Waals surface area (Å²) in [5.74, 6) is 0.949. The van der Waals surface area contributed by atoms with Gasteiger partial charge in [0, 0.05) is 40.3 Å².